The molecule has 5 heteroatoms. The molecule has 0 spiro atoms. The molecule has 0 unspecified atom stereocenters. The van der Waals surface area contributed by atoms with Crippen molar-refractivity contribution in [2.45, 2.75) is 38.8 Å². The molecule has 0 amide bonds. The van der Waals surface area contributed by atoms with Gasteiger partial charge in [0.15, 0.2) is 5.82 Å². The highest BCUT2D eigenvalue weighted by Crippen LogP contribution is 2.11. The fourth-order valence-electron chi connectivity index (χ4n) is 2.71. The van der Waals surface area contributed by atoms with Crippen molar-refractivity contribution < 1.29 is 0 Å². The van der Waals surface area contributed by atoms with Gasteiger partial charge in [-0.1, -0.05) is 36.8 Å². The third kappa shape index (κ3) is 3.42. The van der Waals surface area contributed by atoms with Gasteiger partial charge in [0.1, 0.15) is 0 Å². The van der Waals surface area contributed by atoms with E-state index in [4.69, 9.17) is 0 Å². The van der Waals surface area contributed by atoms with Crippen LogP contribution in [0.5, 0.6) is 0 Å². The Morgan fingerprint density at radius 1 is 1.00 bits per heavy atom. The highest BCUT2D eigenvalue weighted by atomic mass is 15.5. The predicted octanol–water partition coefficient (Wildman–Crippen LogP) is 1.90. The van der Waals surface area contributed by atoms with Crippen LogP contribution < -0.4 is 0 Å². The molecule has 0 saturated carbocycles. The highest BCUT2D eigenvalue weighted by molar-refractivity contribution is 5.14. The number of hydrogen-bond acceptors (Lipinski definition) is 4. The minimum atomic E-state index is 0.847. The molecule has 1 aliphatic heterocycles. The lowest BCUT2D eigenvalue weighted by Crippen LogP contribution is -2.30. The van der Waals surface area contributed by atoms with Crippen LogP contribution in [-0.4, -0.2) is 38.2 Å². The Kier molecular flexibility index (Phi) is 4.38. The molecule has 1 aromatic heterocycles. The summed E-state index contributed by atoms with van der Waals surface area (Å²) in [6, 6.07) is 10.5. The molecule has 3 rings (SSSR count). The van der Waals surface area contributed by atoms with Gasteiger partial charge in [0.05, 0.1) is 6.54 Å². The number of hydrogen-bond donors (Lipinski definition) is 0. The van der Waals surface area contributed by atoms with Gasteiger partial charge in [-0.3, -0.25) is 4.90 Å². The summed E-state index contributed by atoms with van der Waals surface area (Å²) in [5, 5.41) is 12.1. The molecule has 0 atom stereocenters. The quantitative estimate of drug-likeness (QED) is 0.833. The largest absolute Gasteiger partial charge is 0.296 e. The SMILES string of the molecule is c1ccc(CCn2nnnc2CN2CCCCC2)cc1. The normalized spacial score (nSPS) is 16.4. The maximum atomic E-state index is 4.18. The molecule has 0 radical (unpaired) electrons. The fourth-order valence-corrected chi connectivity index (χ4v) is 2.71. The number of aryl methyl sites for hydroxylation is 2. The van der Waals surface area contributed by atoms with E-state index in [2.05, 4.69) is 44.7 Å². The van der Waals surface area contributed by atoms with Gasteiger partial charge in [-0.2, -0.15) is 0 Å². The standard InChI is InChI=1S/C15H21N5/c1-3-7-14(8-4-1)9-12-20-15(16-17-18-20)13-19-10-5-2-6-11-19/h1,3-4,7-8H,2,5-6,9-13H2. The first-order chi connectivity index (χ1) is 9.92. The molecule has 1 saturated heterocycles. The summed E-state index contributed by atoms with van der Waals surface area (Å²) in [6.45, 7) is 4.07. The zero-order chi connectivity index (χ0) is 13.6. The average Bonchev–Trinajstić information content (AvgIpc) is 2.94. The van der Waals surface area contributed by atoms with E-state index in [0.717, 1.165) is 25.3 Å². The lowest BCUT2D eigenvalue weighted by Gasteiger charge is -2.25. The summed E-state index contributed by atoms with van der Waals surface area (Å²) in [7, 11) is 0. The van der Waals surface area contributed by atoms with Crippen LogP contribution in [0.1, 0.15) is 30.7 Å². The summed E-state index contributed by atoms with van der Waals surface area (Å²) >= 11 is 0. The van der Waals surface area contributed by atoms with Crippen LogP contribution in [0.3, 0.4) is 0 Å². The summed E-state index contributed by atoms with van der Waals surface area (Å²) in [6.07, 6.45) is 4.92. The van der Waals surface area contributed by atoms with Crippen LogP contribution in [0.25, 0.3) is 0 Å². The van der Waals surface area contributed by atoms with E-state index >= 15 is 0 Å². The number of piperidine rings is 1. The molecule has 0 bridgehead atoms. The van der Waals surface area contributed by atoms with Crippen molar-refractivity contribution in [1.29, 1.82) is 0 Å². The van der Waals surface area contributed by atoms with Gasteiger partial charge in [0.25, 0.3) is 0 Å². The first kappa shape index (κ1) is 13.2. The number of benzene rings is 1. The van der Waals surface area contributed by atoms with Crippen molar-refractivity contribution in [1.82, 2.24) is 25.1 Å². The van der Waals surface area contributed by atoms with Crippen LogP contribution in [0, 0.1) is 0 Å². The fraction of sp³-hybridized carbons (Fsp3) is 0.533. The van der Waals surface area contributed by atoms with Crippen LogP contribution in [0.15, 0.2) is 30.3 Å². The van der Waals surface area contributed by atoms with E-state index in [1.54, 1.807) is 0 Å². The van der Waals surface area contributed by atoms with Gasteiger partial charge in [0, 0.05) is 6.54 Å². The van der Waals surface area contributed by atoms with E-state index in [9.17, 15) is 0 Å². The van der Waals surface area contributed by atoms with Crippen molar-refractivity contribution in [3.05, 3.63) is 41.7 Å². The lowest BCUT2D eigenvalue weighted by molar-refractivity contribution is 0.212. The number of rotatable bonds is 5. The molecule has 1 aliphatic rings. The number of aromatic nitrogens is 4. The third-order valence-electron chi connectivity index (χ3n) is 3.87. The Morgan fingerprint density at radius 2 is 1.80 bits per heavy atom. The van der Waals surface area contributed by atoms with E-state index in [1.165, 1.54) is 37.9 Å². The van der Waals surface area contributed by atoms with E-state index < -0.39 is 0 Å². The average molecular weight is 271 g/mol. The minimum absolute atomic E-state index is 0.847. The topological polar surface area (TPSA) is 46.8 Å². The number of tetrazole rings is 1. The van der Waals surface area contributed by atoms with E-state index in [1.807, 2.05) is 10.7 Å². The van der Waals surface area contributed by atoms with Gasteiger partial charge in [-0.25, -0.2) is 4.68 Å². The van der Waals surface area contributed by atoms with Crippen molar-refractivity contribution in [3.8, 4) is 0 Å². The van der Waals surface area contributed by atoms with Crippen molar-refractivity contribution in [3.63, 3.8) is 0 Å². The molecule has 2 heterocycles. The second kappa shape index (κ2) is 6.61. The first-order valence-corrected chi connectivity index (χ1v) is 7.43. The van der Waals surface area contributed by atoms with Crippen LogP contribution in [0.2, 0.25) is 0 Å². The van der Waals surface area contributed by atoms with Crippen LogP contribution in [-0.2, 0) is 19.5 Å². The van der Waals surface area contributed by atoms with Gasteiger partial charge >= 0.3 is 0 Å². The van der Waals surface area contributed by atoms with Crippen molar-refractivity contribution >= 4 is 0 Å². The van der Waals surface area contributed by atoms with E-state index in [-0.39, 0.29) is 0 Å². The van der Waals surface area contributed by atoms with Gasteiger partial charge in [-0.15, -0.1) is 5.10 Å². The summed E-state index contributed by atoms with van der Waals surface area (Å²) in [5.74, 6) is 0.989. The molecule has 106 valence electrons. The number of likely N-dealkylation sites (tertiary alicyclic amines) is 1. The Morgan fingerprint density at radius 3 is 2.60 bits per heavy atom. The maximum Gasteiger partial charge on any atom is 0.165 e. The van der Waals surface area contributed by atoms with E-state index in [0.29, 0.717) is 0 Å². The summed E-state index contributed by atoms with van der Waals surface area (Å²) < 4.78 is 1.95. The van der Waals surface area contributed by atoms with Gasteiger partial charge in [0.2, 0.25) is 0 Å². The Labute approximate surface area is 119 Å². The Hall–Kier alpha value is -1.75. The molecule has 0 N–H and O–H groups in total. The Balaban J connectivity index is 1.58. The monoisotopic (exact) mass is 271 g/mol. The van der Waals surface area contributed by atoms with Gasteiger partial charge in [-0.05, 0) is 48.3 Å². The molecule has 0 aliphatic carbocycles. The molecular weight excluding hydrogens is 250 g/mol. The highest BCUT2D eigenvalue weighted by Gasteiger charge is 2.14. The van der Waals surface area contributed by atoms with Crippen molar-refractivity contribution in [2.75, 3.05) is 13.1 Å². The molecule has 5 nitrogen and oxygen atoms in total. The predicted molar refractivity (Wildman–Crippen MR) is 77.1 cm³/mol. The molecule has 20 heavy (non-hydrogen) atoms. The van der Waals surface area contributed by atoms with Gasteiger partial charge < -0.3 is 0 Å². The number of nitrogens with zero attached hydrogens (tertiary/aromatic N) is 5. The van der Waals surface area contributed by atoms with Crippen LogP contribution in [0.4, 0.5) is 0 Å². The zero-order valence-electron chi connectivity index (χ0n) is 11.8. The van der Waals surface area contributed by atoms with Crippen molar-refractivity contribution in [2.24, 2.45) is 0 Å². The summed E-state index contributed by atoms with van der Waals surface area (Å²) in [4.78, 5) is 2.45. The maximum absolute atomic E-state index is 4.18. The third-order valence-corrected chi connectivity index (χ3v) is 3.87. The molecule has 2 aromatic rings. The molecular formula is C15H21N5. The second-order valence-electron chi connectivity index (χ2n) is 5.39. The second-order valence-corrected chi connectivity index (χ2v) is 5.39. The molecule has 1 fully saturated rings. The summed E-state index contributed by atoms with van der Waals surface area (Å²) in [5.41, 5.74) is 1.33. The zero-order valence-corrected chi connectivity index (χ0v) is 11.8. The van der Waals surface area contributed by atoms with Crippen LogP contribution >= 0.6 is 0 Å². The smallest absolute Gasteiger partial charge is 0.165 e. The Bertz CT molecular complexity index is 516. The first-order valence-electron chi connectivity index (χ1n) is 7.43. The lowest BCUT2D eigenvalue weighted by atomic mass is 10.1. The minimum Gasteiger partial charge on any atom is -0.296 e. The molecule has 1 aromatic carbocycles.